The minimum atomic E-state index is -0.267. The molecular formula is C30H37N3O6. The van der Waals surface area contributed by atoms with E-state index in [4.69, 9.17) is 18.6 Å². The molecule has 1 aliphatic heterocycles. The largest absolute Gasteiger partial charge is 0.497 e. The van der Waals surface area contributed by atoms with Gasteiger partial charge in [-0.1, -0.05) is 30.3 Å². The Morgan fingerprint density at radius 2 is 1.72 bits per heavy atom. The molecule has 3 aromatic rings. The van der Waals surface area contributed by atoms with Crippen molar-refractivity contribution in [2.24, 2.45) is 0 Å². The van der Waals surface area contributed by atoms with Crippen molar-refractivity contribution in [3.05, 3.63) is 83.8 Å². The van der Waals surface area contributed by atoms with Gasteiger partial charge in [0.25, 0.3) is 5.91 Å². The second kappa shape index (κ2) is 14.4. The maximum absolute atomic E-state index is 13.8. The molecule has 0 aliphatic carbocycles. The Bertz CT molecular complexity index is 1180. The van der Waals surface area contributed by atoms with Crippen molar-refractivity contribution in [3.63, 3.8) is 0 Å². The molecule has 4 rings (SSSR count). The van der Waals surface area contributed by atoms with Crippen LogP contribution in [0, 0.1) is 0 Å². The van der Waals surface area contributed by atoms with Gasteiger partial charge in [0, 0.05) is 38.8 Å². The summed E-state index contributed by atoms with van der Waals surface area (Å²) in [6, 6.07) is 18.8. The van der Waals surface area contributed by atoms with E-state index >= 15 is 0 Å². The molecule has 2 amide bonds. The number of methoxy groups -OCH3 is 2. The van der Waals surface area contributed by atoms with Crippen LogP contribution in [0.4, 0.5) is 0 Å². The number of hydrogen-bond acceptors (Lipinski definition) is 7. The van der Waals surface area contributed by atoms with Gasteiger partial charge in [0.05, 0.1) is 45.8 Å². The van der Waals surface area contributed by atoms with Crippen LogP contribution in [0.5, 0.6) is 11.5 Å². The van der Waals surface area contributed by atoms with Crippen LogP contribution >= 0.6 is 0 Å². The molecule has 1 aliphatic rings. The smallest absolute Gasteiger partial charge is 0.258 e. The summed E-state index contributed by atoms with van der Waals surface area (Å²) in [5, 5.41) is 0. The third-order valence-corrected chi connectivity index (χ3v) is 6.84. The average Bonchev–Trinajstić information content (AvgIpc) is 3.51. The topological polar surface area (TPSA) is 84.7 Å². The van der Waals surface area contributed by atoms with Gasteiger partial charge in [0.2, 0.25) is 5.91 Å². The Kier molecular flexibility index (Phi) is 10.4. The van der Waals surface area contributed by atoms with Crippen LogP contribution in [-0.2, 0) is 22.5 Å². The van der Waals surface area contributed by atoms with E-state index < -0.39 is 0 Å². The molecule has 9 heteroatoms. The maximum Gasteiger partial charge on any atom is 0.258 e. The highest BCUT2D eigenvalue weighted by atomic mass is 16.5. The first-order valence-electron chi connectivity index (χ1n) is 13.2. The zero-order chi connectivity index (χ0) is 27.5. The van der Waals surface area contributed by atoms with E-state index in [9.17, 15) is 9.59 Å². The van der Waals surface area contributed by atoms with Crippen LogP contribution in [0.1, 0.15) is 21.7 Å². The highest BCUT2D eigenvalue weighted by Gasteiger charge is 2.26. The van der Waals surface area contributed by atoms with Crippen LogP contribution in [-0.4, -0.2) is 93.2 Å². The lowest BCUT2D eigenvalue weighted by atomic mass is 10.1. The molecule has 2 aromatic carbocycles. The van der Waals surface area contributed by atoms with Gasteiger partial charge in [-0.2, -0.15) is 0 Å². The molecular weight excluding hydrogens is 498 g/mol. The number of benzene rings is 2. The van der Waals surface area contributed by atoms with E-state index in [0.717, 1.165) is 18.7 Å². The van der Waals surface area contributed by atoms with E-state index in [0.29, 0.717) is 68.6 Å². The first-order valence-corrected chi connectivity index (χ1v) is 13.2. The van der Waals surface area contributed by atoms with Crippen molar-refractivity contribution in [1.29, 1.82) is 0 Å². The Hall–Kier alpha value is -3.82. The van der Waals surface area contributed by atoms with E-state index in [1.165, 1.54) is 7.11 Å². The molecule has 1 aromatic heterocycles. The van der Waals surface area contributed by atoms with Crippen LogP contribution < -0.4 is 9.47 Å². The fourth-order valence-electron chi connectivity index (χ4n) is 4.54. The van der Waals surface area contributed by atoms with Gasteiger partial charge >= 0.3 is 0 Å². The van der Waals surface area contributed by atoms with Crippen LogP contribution in [0.2, 0.25) is 0 Å². The number of carbonyl (C=O) groups excluding carboxylic acids is 2. The second-order valence-electron chi connectivity index (χ2n) is 9.38. The normalized spacial score (nSPS) is 13.6. The van der Waals surface area contributed by atoms with E-state index in [-0.39, 0.29) is 18.4 Å². The summed E-state index contributed by atoms with van der Waals surface area (Å²) in [7, 11) is 3.08. The zero-order valence-corrected chi connectivity index (χ0v) is 22.7. The van der Waals surface area contributed by atoms with Crippen molar-refractivity contribution in [1.82, 2.24) is 14.7 Å². The zero-order valence-electron chi connectivity index (χ0n) is 22.7. The quantitative estimate of drug-likeness (QED) is 0.332. The molecule has 0 unspecified atom stereocenters. The highest BCUT2D eigenvalue weighted by molar-refractivity contribution is 5.99. The lowest BCUT2D eigenvalue weighted by molar-refractivity contribution is -0.132. The molecule has 0 bridgehead atoms. The van der Waals surface area contributed by atoms with Crippen molar-refractivity contribution >= 4 is 11.8 Å². The Balaban J connectivity index is 1.53. The van der Waals surface area contributed by atoms with Crippen molar-refractivity contribution in [2.75, 3.05) is 66.7 Å². The van der Waals surface area contributed by atoms with Gasteiger partial charge in [-0.3, -0.25) is 14.5 Å². The summed E-state index contributed by atoms with van der Waals surface area (Å²) >= 11 is 0. The first-order chi connectivity index (χ1) is 19.1. The molecule has 0 saturated carbocycles. The second-order valence-corrected chi connectivity index (χ2v) is 9.38. The summed E-state index contributed by atoms with van der Waals surface area (Å²) in [6.07, 6.45) is 2.30. The maximum atomic E-state index is 13.8. The molecule has 0 spiro atoms. The minimum Gasteiger partial charge on any atom is -0.497 e. The number of nitrogens with zero attached hydrogens (tertiary/aromatic N) is 3. The summed E-state index contributed by atoms with van der Waals surface area (Å²) in [6.45, 7) is 4.72. The molecule has 39 heavy (non-hydrogen) atoms. The predicted molar refractivity (Wildman–Crippen MR) is 147 cm³/mol. The number of furan rings is 1. The van der Waals surface area contributed by atoms with Gasteiger partial charge < -0.3 is 28.4 Å². The number of ether oxygens (including phenoxy) is 3. The standard InChI is InChI=1S/C30H37N3O6/c1-36-25-10-11-27(28(21-25)37-2)30(35)33(15-14-31-16-19-38-20-17-31)23-29(34)32(22-26-9-6-18-39-26)13-12-24-7-4-3-5-8-24/h3-11,18,21H,12-17,19-20,22-23H2,1-2H3. The van der Waals surface area contributed by atoms with Crippen molar-refractivity contribution in [2.45, 2.75) is 13.0 Å². The summed E-state index contributed by atoms with van der Waals surface area (Å²) < 4.78 is 21.8. The summed E-state index contributed by atoms with van der Waals surface area (Å²) in [5.74, 6) is 1.27. The lowest BCUT2D eigenvalue weighted by Crippen LogP contribution is -2.47. The van der Waals surface area contributed by atoms with Crippen LogP contribution in [0.25, 0.3) is 0 Å². The number of hydrogen-bond donors (Lipinski definition) is 0. The summed E-state index contributed by atoms with van der Waals surface area (Å²) in [4.78, 5) is 33.2. The number of amides is 2. The SMILES string of the molecule is COc1ccc(C(=O)N(CCN2CCOCC2)CC(=O)N(CCc2ccccc2)Cc2ccco2)c(OC)c1. The molecule has 2 heterocycles. The molecule has 1 fully saturated rings. The Morgan fingerprint density at radius 1 is 0.923 bits per heavy atom. The predicted octanol–water partition coefficient (Wildman–Crippen LogP) is 3.34. The lowest BCUT2D eigenvalue weighted by Gasteiger charge is -2.31. The van der Waals surface area contributed by atoms with Gasteiger partial charge in [-0.05, 0) is 36.2 Å². The molecule has 9 nitrogen and oxygen atoms in total. The first kappa shape index (κ1) is 28.2. The third kappa shape index (κ3) is 8.08. The highest BCUT2D eigenvalue weighted by Crippen LogP contribution is 2.26. The monoisotopic (exact) mass is 535 g/mol. The Labute approximate surface area is 229 Å². The van der Waals surface area contributed by atoms with Crippen LogP contribution in [0.15, 0.2) is 71.3 Å². The average molecular weight is 536 g/mol. The van der Waals surface area contributed by atoms with Gasteiger partial charge in [0.15, 0.2) is 0 Å². The van der Waals surface area contributed by atoms with E-state index in [2.05, 4.69) is 4.90 Å². The van der Waals surface area contributed by atoms with Crippen molar-refractivity contribution < 1.29 is 28.2 Å². The molecule has 1 saturated heterocycles. The number of morpholine rings is 1. The summed E-state index contributed by atoms with van der Waals surface area (Å²) in [5.41, 5.74) is 1.52. The van der Waals surface area contributed by atoms with Crippen LogP contribution in [0.3, 0.4) is 0 Å². The third-order valence-electron chi connectivity index (χ3n) is 6.84. The minimum absolute atomic E-state index is 0.0617. The van der Waals surface area contributed by atoms with Gasteiger partial charge in [-0.15, -0.1) is 0 Å². The van der Waals surface area contributed by atoms with Gasteiger partial charge in [0.1, 0.15) is 23.8 Å². The molecule has 0 radical (unpaired) electrons. The number of rotatable bonds is 13. The van der Waals surface area contributed by atoms with Gasteiger partial charge in [-0.25, -0.2) is 0 Å². The van der Waals surface area contributed by atoms with E-state index in [1.54, 1.807) is 41.4 Å². The number of carbonyl (C=O) groups is 2. The fraction of sp³-hybridized carbons (Fsp3) is 0.400. The fourth-order valence-corrected chi connectivity index (χ4v) is 4.54. The van der Waals surface area contributed by atoms with E-state index in [1.807, 2.05) is 42.5 Å². The Morgan fingerprint density at radius 3 is 2.41 bits per heavy atom. The molecule has 0 N–H and O–H groups in total. The molecule has 208 valence electrons. The van der Waals surface area contributed by atoms with Crippen molar-refractivity contribution in [3.8, 4) is 11.5 Å². The molecule has 0 atom stereocenters.